The lowest BCUT2D eigenvalue weighted by Gasteiger charge is -2.38. The van der Waals surface area contributed by atoms with Crippen molar-refractivity contribution >= 4 is 21.8 Å². The number of para-hydroxylation sites is 2. The average Bonchev–Trinajstić information content (AvgIpc) is 4.48. The summed E-state index contributed by atoms with van der Waals surface area (Å²) in [5.41, 5.74) is 10.6. The Bertz CT molecular complexity index is 4210. The topological polar surface area (TPSA) is 281 Å². The number of pyridine rings is 2. The predicted molar refractivity (Wildman–Crippen MR) is 279 cm³/mol. The Labute approximate surface area is 431 Å². The van der Waals surface area contributed by atoms with E-state index in [4.69, 9.17) is 18.8 Å². The summed E-state index contributed by atoms with van der Waals surface area (Å²) in [6.07, 6.45) is 16.0. The SMILES string of the molecule is CCn1cc(C2(c3n[nH]c(=O)o3)N[C@@H](c3ncc(-c4ccc(C)cn4)[nH]3)Cc3c2[nH]c2ccccc32)cn1.Cc1ccc(-c2cnc([C@H]3Cc4c([nH]c5ccccc45)C(c4cnn(C)c4)(c4nn(C)c(=O)o4)N3)[nH]2)nc1. The fourth-order valence-electron chi connectivity index (χ4n) is 10.8. The van der Waals surface area contributed by atoms with Gasteiger partial charge >= 0.3 is 11.5 Å². The number of benzene rings is 2. The first kappa shape index (κ1) is 46.3. The summed E-state index contributed by atoms with van der Waals surface area (Å²) < 4.78 is 16.2. The molecule has 2 aromatic carbocycles. The molecule has 10 aromatic heterocycles. The van der Waals surface area contributed by atoms with Gasteiger partial charge in [0.2, 0.25) is 11.8 Å². The quantitative estimate of drug-likeness (QED) is 0.0849. The highest BCUT2D eigenvalue weighted by atomic mass is 16.4. The van der Waals surface area contributed by atoms with Crippen molar-refractivity contribution in [1.82, 2.24) is 90.0 Å². The molecule has 0 saturated carbocycles. The van der Waals surface area contributed by atoms with Gasteiger partial charge in [-0.3, -0.25) is 30.0 Å². The van der Waals surface area contributed by atoms with Crippen LogP contribution in [0, 0.1) is 13.8 Å². The molecule has 380 valence electrons. The van der Waals surface area contributed by atoms with Crippen LogP contribution in [-0.2, 0) is 44.6 Å². The molecule has 4 atom stereocenters. The maximum atomic E-state index is 12.5. The number of nitrogens with one attached hydrogen (secondary N) is 7. The standard InChI is InChI=1S/2C27H25N9O2/c1-15-8-9-20(28-11-15)22-13-29-24(32-22)21-10-18-17-6-4-5-7-19(17)31-23(18)27(33-21,16-12-30-35(2)14-16)25-34-36(3)26(37)38-25;1-3-36-14-16(12-30-36)27(25-34-35-26(37)38-25)23-18(17-6-4-5-7-19(17)31-23)10-21(33-27)24-29-13-22(32-24)20-9-8-15(2)11-28-20/h4-9,11-14,21,31,33H,10H2,1-3H3,(H,29,32);4-9,11-14,21,31,33H,3,10H2,1-2H3,(H,29,32)(H,35,37)/t2*21-,27?/m11/s1. The van der Waals surface area contributed by atoms with Gasteiger partial charge in [0, 0.05) is 78.4 Å². The lowest BCUT2D eigenvalue weighted by Crippen LogP contribution is -2.51. The minimum absolute atomic E-state index is 0.197. The molecule has 12 aromatic rings. The highest BCUT2D eigenvalue weighted by molar-refractivity contribution is 5.87. The lowest BCUT2D eigenvalue weighted by atomic mass is 9.79. The average molecular weight is 1020 g/mol. The molecule has 2 aliphatic heterocycles. The summed E-state index contributed by atoms with van der Waals surface area (Å²) >= 11 is 0. The van der Waals surface area contributed by atoms with Crippen LogP contribution >= 0.6 is 0 Å². The van der Waals surface area contributed by atoms with Crippen LogP contribution < -0.4 is 22.1 Å². The second kappa shape index (κ2) is 17.8. The lowest BCUT2D eigenvalue weighted by molar-refractivity contribution is 0.284. The van der Waals surface area contributed by atoms with Crippen LogP contribution in [0.1, 0.15) is 87.2 Å². The number of fused-ring (bicyclic) bond motifs is 6. The van der Waals surface area contributed by atoms with Gasteiger partial charge in [0.1, 0.15) is 11.6 Å². The van der Waals surface area contributed by atoms with Crippen LogP contribution in [0.4, 0.5) is 0 Å². The van der Waals surface area contributed by atoms with Crippen LogP contribution in [0.3, 0.4) is 0 Å². The second-order valence-electron chi connectivity index (χ2n) is 19.4. The molecule has 22 nitrogen and oxygen atoms in total. The van der Waals surface area contributed by atoms with E-state index in [1.54, 1.807) is 36.5 Å². The molecule has 22 heteroatoms. The number of rotatable bonds is 9. The van der Waals surface area contributed by atoms with Gasteiger partial charge in [-0.25, -0.2) is 24.7 Å². The van der Waals surface area contributed by atoms with E-state index in [2.05, 4.69) is 78.2 Å². The van der Waals surface area contributed by atoms with Crippen molar-refractivity contribution in [2.45, 2.75) is 63.3 Å². The van der Waals surface area contributed by atoms with E-state index in [0.29, 0.717) is 19.4 Å². The van der Waals surface area contributed by atoms with Crippen LogP contribution in [0.2, 0.25) is 0 Å². The van der Waals surface area contributed by atoms with E-state index >= 15 is 0 Å². The van der Waals surface area contributed by atoms with Crippen molar-refractivity contribution in [2.24, 2.45) is 14.1 Å². The molecule has 0 amide bonds. The van der Waals surface area contributed by atoms with Crippen LogP contribution in [0.15, 0.2) is 141 Å². The number of aromatic amines is 5. The number of H-pyrrole nitrogens is 5. The third-order valence-electron chi connectivity index (χ3n) is 14.5. The van der Waals surface area contributed by atoms with Crippen LogP contribution in [0.25, 0.3) is 44.6 Å². The predicted octanol–water partition coefficient (Wildman–Crippen LogP) is 6.19. The van der Waals surface area contributed by atoms with E-state index in [0.717, 1.165) is 101 Å². The number of hydrogen-bond donors (Lipinski definition) is 7. The van der Waals surface area contributed by atoms with Crippen molar-refractivity contribution in [2.75, 3.05) is 0 Å². The summed E-state index contributed by atoms with van der Waals surface area (Å²) in [5.74, 6) is 0.726. The van der Waals surface area contributed by atoms with E-state index in [9.17, 15) is 9.59 Å². The van der Waals surface area contributed by atoms with Gasteiger partial charge in [-0.05, 0) is 80.1 Å². The minimum atomic E-state index is -1.13. The van der Waals surface area contributed by atoms with E-state index in [1.807, 2.05) is 118 Å². The minimum Gasteiger partial charge on any atom is -0.390 e. The summed E-state index contributed by atoms with van der Waals surface area (Å²) in [6.45, 7) is 6.73. The molecular formula is C54H50N18O4. The number of aromatic nitrogens is 16. The van der Waals surface area contributed by atoms with Crippen molar-refractivity contribution in [3.63, 3.8) is 0 Å². The van der Waals surface area contributed by atoms with Crippen molar-refractivity contribution in [3.05, 3.63) is 212 Å². The second-order valence-corrected chi connectivity index (χ2v) is 19.4. The summed E-state index contributed by atoms with van der Waals surface area (Å²) in [5, 5.41) is 29.9. The molecule has 14 rings (SSSR count). The normalized spacial score (nSPS) is 19.2. The molecule has 2 unspecified atom stereocenters. The maximum absolute atomic E-state index is 12.5. The highest BCUT2D eigenvalue weighted by Crippen LogP contribution is 2.47. The molecule has 0 aliphatic carbocycles. The molecule has 0 radical (unpaired) electrons. The first-order valence-electron chi connectivity index (χ1n) is 24.8. The Morgan fingerprint density at radius 1 is 0.618 bits per heavy atom. The fraction of sp³-hybridized carbons (Fsp3) is 0.222. The molecule has 7 N–H and O–H groups in total. The van der Waals surface area contributed by atoms with Crippen LogP contribution in [0.5, 0.6) is 0 Å². The zero-order chi connectivity index (χ0) is 51.9. The molecule has 0 bridgehead atoms. The van der Waals surface area contributed by atoms with Gasteiger partial charge < -0.3 is 28.8 Å². The third-order valence-corrected chi connectivity index (χ3v) is 14.5. The van der Waals surface area contributed by atoms with Crippen LogP contribution in [-0.4, -0.2) is 79.4 Å². The Morgan fingerprint density at radius 3 is 1.64 bits per heavy atom. The molecule has 0 spiro atoms. The molecule has 0 fully saturated rings. The number of aryl methyl sites for hydroxylation is 5. The third kappa shape index (κ3) is 7.55. The van der Waals surface area contributed by atoms with Gasteiger partial charge in [-0.1, -0.05) is 48.5 Å². The summed E-state index contributed by atoms with van der Waals surface area (Å²) in [6, 6.07) is 23.8. The van der Waals surface area contributed by atoms with Crippen molar-refractivity contribution in [1.29, 1.82) is 0 Å². The zero-order valence-corrected chi connectivity index (χ0v) is 41.9. The first-order chi connectivity index (χ1) is 37.0. The van der Waals surface area contributed by atoms with E-state index < -0.39 is 22.6 Å². The number of hydrogen-bond acceptors (Lipinski definition) is 14. The summed E-state index contributed by atoms with van der Waals surface area (Å²) in [4.78, 5) is 57.5. The summed E-state index contributed by atoms with van der Waals surface area (Å²) in [7, 11) is 3.43. The molecular weight excluding hydrogens is 965 g/mol. The maximum Gasteiger partial charge on any atom is 0.436 e. The largest absolute Gasteiger partial charge is 0.436 e. The Kier molecular flexibility index (Phi) is 10.9. The molecule has 12 heterocycles. The monoisotopic (exact) mass is 1010 g/mol. The van der Waals surface area contributed by atoms with Gasteiger partial charge in [-0.2, -0.15) is 14.9 Å². The van der Waals surface area contributed by atoms with Gasteiger partial charge in [0.15, 0.2) is 11.1 Å². The van der Waals surface area contributed by atoms with E-state index in [1.165, 1.54) is 4.68 Å². The fourth-order valence-corrected chi connectivity index (χ4v) is 10.8. The van der Waals surface area contributed by atoms with Crippen molar-refractivity contribution < 1.29 is 8.83 Å². The molecule has 2 aliphatic rings. The van der Waals surface area contributed by atoms with Gasteiger partial charge in [0.25, 0.3) is 0 Å². The molecule has 0 saturated heterocycles. The zero-order valence-electron chi connectivity index (χ0n) is 41.9. The number of imidazole rings is 2. The highest BCUT2D eigenvalue weighted by Gasteiger charge is 2.52. The Hall–Kier alpha value is -9.54. The first-order valence-corrected chi connectivity index (χ1v) is 24.8. The van der Waals surface area contributed by atoms with Gasteiger partial charge in [0.05, 0.1) is 71.0 Å². The number of nitrogens with zero attached hydrogens (tertiary/aromatic N) is 11. The smallest absolute Gasteiger partial charge is 0.390 e. The Balaban J connectivity index is 0.000000146. The van der Waals surface area contributed by atoms with Gasteiger partial charge in [-0.15, -0.1) is 10.2 Å². The Morgan fingerprint density at radius 2 is 1.17 bits per heavy atom. The molecule has 76 heavy (non-hydrogen) atoms. The van der Waals surface area contributed by atoms with Crippen molar-refractivity contribution in [3.8, 4) is 22.8 Å². The van der Waals surface area contributed by atoms with E-state index in [-0.39, 0.29) is 23.9 Å².